The molecule has 0 aliphatic carbocycles. The second-order valence-electron chi connectivity index (χ2n) is 5.68. The van der Waals surface area contributed by atoms with Gasteiger partial charge in [0.15, 0.2) is 6.61 Å². The summed E-state index contributed by atoms with van der Waals surface area (Å²) < 4.78 is 5.53. The highest BCUT2D eigenvalue weighted by molar-refractivity contribution is 6.30. The molecule has 1 atom stereocenters. The molecule has 122 valence electrons. The van der Waals surface area contributed by atoms with Crippen molar-refractivity contribution in [3.63, 3.8) is 0 Å². The number of anilines is 1. The van der Waals surface area contributed by atoms with Gasteiger partial charge in [-0.15, -0.1) is 0 Å². The Labute approximate surface area is 142 Å². The van der Waals surface area contributed by atoms with Gasteiger partial charge in [-0.3, -0.25) is 4.79 Å². The van der Waals surface area contributed by atoms with Gasteiger partial charge in [0.2, 0.25) is 0 Å². The summed E-state index contributed by atoms with van der Waals surface area (Å²) >= 11 is 5.90. The van der Waals surface area contributed by atoms with Gasteiger partial charge in [0.25, 0.3) is 5.91 Å². The molecule has 0 saturated carbocycles. The summed E-state index contributed by atoms with van der Waals surface area (Å²) in [6, 6.07) is 13.3. The van der Waals surface area contributed by atoms with Crippen LogP contribution in [0.15, 0.2) is 42.5 Å². The first kappa shape index (κ1) is 17.4. The van der Waals surface area contributed by atoms with E-state index in [1.54, 1.807) is 12.1 Å². The first-order chi connectivity index (χ1) is 11.0. The highest BCUT2D eigenvalue weighted by Gasteiger charge is 2.07. The molecule has 2 aromatic rings. The minimum atomic E-state index is -0.185. The van der Waals surface area contributed by atoms with Crippen LogP contribution >= 0.6 is 11.6 Å². The van der Waals surface area contributed by atoms with E-state index in [1.807, 2.05) is 37.3 Å². The third-order valence-corrected chi connectivity index (χ3v) is 4.11. The van der Waals surface area contributed by atoms with Crippen LogP contribution in [-0.2, 0) is 4.79 Å². The van der Waals surface area contributed by atoms with E-state index in [1.165, 1.54) is 5.56 Å². The van der Waals surface area contributed by atoms with Crippen molar-refractivity contribution in [1.82, 2.24) is 0 Å². The molecule has 0 aliphatic rings. The van der Waals surface area contributed by atoms with Crippen LogP contribution in [0.4, 0.5) is 5.69 Å². The average Bonchev–Trinajstić information content (AvgIpc) is 2.54. The molecule has 0 spiro atoms. The topological polar surface area (TPSA) is 38.3 Å². The Morgan fingerprint density at radius 3 is 2.52 bits per heavy atom. The number of rotatable bonds is 6. The third kappa shape index (κ3) is 5.00. The van der Waals surface area contributed by atoms with E-state index in [0.717, 1.165) is 17.7 Å². The molecule has 0 heterocycles. The minimum absolute atomic E-state index is 0.0322. The summed E-state index contributed by atoms with van der Waals surface area (Å²) in [5.41, 5.74) is 2.96. The van der Waals surface area contributed by atoms with Crippen LogP contribution in [0.2, 0.25) is 5.02 Å². The SMILES string of the molecule is CC[C@H](C)c1ccc(NC(=O)COc2ccc(Cl)cc2C)cc1. The first-order valence-electron chi connectivity index (χ1n) is 7.78. The van der Waals surface area contributed by atoms with Crippen LogP contribution in [0.5, 0.6) is 5.75 Å². The van der Waals surface area contributed by atoms with E-state index in [-0.39, 0.29) is 12.5 Å². The van der Waals surface area contributed by atoms with Crippen molar-refractivity contribution in [3.05, 3.63) is 58.6 Å². The monoisotopic (exact) mass is 331 g/mol. The molecule has 23 heavy (non-hydrogen) atoms. The molecule has 1 N–H and O–H groups in total. The van der Waals surface area contributed by atoms with Crippen molar-refractivity contribution in [3.8, 4) is 5.75 Å². The van der Waals surface area contributed by atoms with Gasteiger partial charge >= 0.3 is 0 Å². The summed E-state index contributed by atoms with van der Waals surface area (Å²) in [6.45, 7) is 6.22. The van der Waals surface area contributed by atoms with Crippen LogP contribution in [0.3, 0.4) is 0 Å². The summed E-state index contributed by atoms with van der Waals surface area (Å²) in [5.74, 6) is 1.00. The van der Waals surface area contributed by atoms with Gasteiger partial charge in [-0.1, -0.05) is 37.6 Å². The fourth-order valence-electron chi connectivity index (χ4n) is 2.25. The quantitative estimate of drug-likeness (QED) is 0.792. The fraction of sp³-hybridized carbons (Fsp3) is 0.316. The molecule has 4 heteroatoms. The molecule has 0 bridgehead atoms. The predicted octanol–water partition coefficient (Wildman–Crippen LogP) is 5.18. The van der Waals surface area contributed by atoms with Crippen molar-refractivity contribution in [2.45, 2.75) is 33.1 Å². The van der Waals surface area contributed by atoms with Crippen LogP contribution in [0.1, 0.15) is 37.3 Å². The van der Waals surface area contributed by atoms with Gasteiger partial charge in [0, 0.05) is 10.7 Å². The number of amides is 1. The molecule has 1 amide bonds. The van der Waals surface area contributed by atoms with E-state index >= 15 is 0 Å². The third-order valence-electron chi connectivity index (χ3n) is 3.87. The zero-order valence-corrected chi connectivity index (χ0v) is 14.5. The van der Waals surface area contributed by atoms with Gasteiger partial charge in [0.1, 0.15) is 5.75 Å². The van der Waals surface area contributed by atoms with Crippen molar-refractivity contribution in [2.75, 3.05) is 11.9 Å². The van der Waals surface area contributed by atoms with E-state index in [2.05, 4.69) is 19.2 Å². The van der Waals surface area contributed by atoms with Crippen molar-refractivity contribution in [1.29, 1.82) is 0 Å². The number of nitrogens with one attached hydrogen (secondary N) is 1. The lowest BCUT2D eigenvalue weighted by atomic mass is 9.99. The van der Waals surface area contributed by atoms with Gasteiger partial charge < -0.3 is 10.1 Å². The van der Waals surface area contributed by atoms with Crippen LogP contribution in [-0.4, -0.2) is 12.5 Å². The number of hydrogen-bond donors (Lipinski definition) is 1. The first-order valence-corrected chi connectivity index (χ1v) is 8.16. The molecule has 0 unspecified atom stereocenters. The second kappa shape index (κ2) is 8.02. The Hall–Kier alpha value is -2.00. The molecule has 2 aromatic carbocycles. The molecular weight excluding hydrogens is 310 g/mol. The zero-order chi connectivity index (χ0) is 16.8. The molecule has 0 saturated heterocycles. The summed E-state index contributed by atoms with van der Waals surface area (Å²) in [7, 11) is 0. The molecule has 0 radical (unpaired) electrons. The van der Waals surface area contributed by atoms with Gasteiger partial charge in [-0.25, -0.2) is 0 Å². The minimum Gasteiger partial charge on any atom is -0.483 e. The van der Waals surface area contributed by atoms with Gasteiger partial charge in [0.05, 0.1) is 0 Å². The number of halogens is 1. The molecule has 0 aromatic heterocycles. The summed E-state index contributed by atoms with van der Waals surface area (Å²) in [4.78, 5) is 12.0. The molecule has 3 nitrogen and oxygen atoms in total. The van der Waals surface area contributed by atoms with Gasteiger partial charge in [-0.2, -0.15) is 0 Å². The van der Waals surface area contributed by atoms with Crippen molar-refractivity contribution in [2.24, 2.45) is 0 Å². The number of carbonyl (C=O) groups excluding carboxylic acids is 1. The smallest absolute Gasteiger partial charge is 0.262 e. The lowest BCUT2D eigenvalue weighted by Crippen LogP contribution is -2.20. The Kier molecular flexibility index (Phi) is 6.05. The lowest BCUT2D eigenvalue weighted by molar-refractivity contribution is -0.118. The summed E-state index contributed by atoms with van der Waals surface area (Å²) in [6.07, 6.45) is 1.10. The number of aryl methyl sites for hydroxylation is 1. The largest absolute Gasteiger partial charge is 0.483 e. The fourth-order valence-corrected chi connectivity index (χ4v) is 2.47. The zero-order valence-electron chi connectivity index (χ0n) is 13.7. The van der Waals surface area contributed by atoms with E-state index in [4.69, 9.17) is 16.3 Å². The molecular formula is C19H22ClNO2. The normalized spacial score (nSPS) is 11.8. The Balaban J connectivity index is 1.89. The summed E-state index contributed by atoms with van der Waals surface area (Å²) in [5, 5.41) is 3.49. The molecule has 0 aliphatic heterocycles. The predicted molar refractivity (Wildman–Crippen MR) is 95.5 cm³/mol. The molecule has 2 rings (SSSR count). The van der Waals surface area contributed by atoms with Crippen LogP contribution < -0.4 is 10.1 Å². The Morgan fingerprint density at radius 2 is 1.91 bits per heavy atom. The van der Waals surface area contributed by atoms with Gasteiger partial charge in [-0.05, 0) is 60.7 Å². The Morgan fingerprint density at radius 1 is 1.22 bits per heavy atom. The Bertz CT molecular complexity index is 668. The number of ether oxygens (including phenoxy) is 1. The van der Waals surface area contributed by atoms with E-state index < -0.39 is 0 Å². The van der Waals surface area contributed by atoms with Crippen LogP contribution in [0.25, 0.3) is 0 Å². The maximum absolute atomic E-state index is 12.0. The standard InChI is InChI=1S/C19H22ClNO2/c1-4-13(2)15-5-8-17(9-6-15)21-19(22)12-23-18-10-7-16(20)11-14(18)3/h5-11,13H,4,12H2,1-3H3,(H,21,22)/t13-/m0/s1. The number of carbonyl (C=O) groups is 1. The lowest BCUT2D eigenvalue weighted by Gasteiger charge is -2.12. The highest BCUT2D eigenvalue weighted by Crippen LogP contribution is 2.22. The maximum atomic E-state index is 12.0. The highest BCUT2D eigenvalue weighted by atomic mass is 35.5. The number of hydrogen-bond acceptors (Lipinski definition) is 2. The number of benzene rings is 2. The second-order valence-corrected chi connectivity index (χ2v) is 6.11. The maximum Gasteiger partial charge on any atom is 0.262 e. The molecule has 0 fully saturated rings. The van der Waals surface area contributed by atoms with E-state index in [0.29, 0.717) is 16.7 Å². The van der Waals surface area contributed by atoms with E-state index in [9.17, 15) is 4.79 Å². The van der Waals surface area contributed by atoms with Crippen molar-refractivity contribution < 1.29 is 9.53 Å². The van der Waals surface area contributed by atoms with Crippen LogP contribution in [0, 0.1) is 6.92 Å². The van der Waals surface area contributed by atoms with Crippen molar-refractivity contribution >= 4 is 23.2 Å². The average molecular weight is 332 g/mol.